The monoisotopic (exact) mass is 1200 g/mol. The van der Waals surface area contributed by atoms with Crippen molar-refractivity contribution in [1.29, 1.82) is 0 Å². The van der Waals surface area contributed by atoms with Crippen LogP contribution in [0.5, 0.6) is 0 Å². The fourth-order valence-corrected chi connectivity index (χ4v) is 11.4. The molecule has 85 heavy (non-hydrogen) atoms. The molecule has 2 rings (SSSR count). The van der Waals surface area contributed by atoms with Crippen molar-refractivity contribution in [2.45, 2.75) is 235 Å². The number of carbonyl (C=O) groups is 11. The summed E-state index contributed by atoms with van der Waals surface area (Å²) in [5, 5.41) is 11.2. The Morgan fingerprint density at radius 1 is 0.471 bits per heavy atom. The van der Waals surface area contributed by atoms with E-state index in [1.54, 1.807) is 48.5 Å². The van der Waals surface area contributed by atoms with Crippen LogP contribution in [-0.2, 0) is 57.5 Å². The van der Waals surface area contributed by atoms with Crippen LogP contribution in [0.1, 0.15) is 157 Å². The lowest BCUT2D eigenvalue weighted by Crippen LogP contribution is -2.63. The lowest BCUT2D eigenvalue weighted by Gasteiger charge is -2.39. The van der Waals surface area contributed by atoms with E-state index in [1.807, 2.05) is 67.5 Å². The Hall–Kier alpha value is -6.13. The summed E-state index contributed by atoms with van der Waals surface area (Å²) in [6.45, 7) is 31.5. The van der Waals surface area contributed by atoms with Crippen molar-refractivity contribution in [3.63, 3.8) is 0 Å². The molecule has 0 aliphatic carbocycles. The third-order valence-electron chi connectivity index (χ3n) is 16.8. The second-order valence-electron chi connectivity index (χ2n) is 25.8. The summed E-state index contributed by atoms with van der Waals surface area (Å²) < 4.78 is 6.76. The Balaban J connectivity index is 3.00. The van der Waals surface area contributed by atoms with Gasteiger partial charge in [0.15, 0.2) is 0 Å². The highest BCUT2D eigenvalue weighted by molar-refractivity contribution is 6.00. The molecule has 0 aromatic rings. The molecule has 2 heterocycles. The van der Waals surface area contributed by atoms with Crippen LogP contribution in [0.4, 0.5) is 0 Å². The summed E-state index contributed by atoms with van der Waals surface area (Å²) in [6.07, 6.45) is 2.79. The van der Waals surface area contributed by atoms with E-state index in [2.05, 4.69) is 21.3 Å². The van der Waals surface area contributed by atoms with Crippen LogP contribution in [0.3, 0.4) is 0 Å². The van der Waals surface area contributed by atoms with Gasteiger partial charge in [-0.1, -0.05) is 95.2 Å². The summed E-state index contributed by atoms with van der Waals surface area (Å²) in [5.41, 5.74) is 0. The van der Waals surface area contributed by atoms with Crippen LogP contribution in [0.2, 0.25) is 0 Å². The van der Waals surface area contributed by atoms with E-state index < -0.39 is 161 Å². The first kappa shape index (κ1) is 75.0. The van der Waals surface area contributed by atoms with Gasteiger partial charge in [-0.2, -0.15) is 0 Å². The van der Waals surface area contributed by atoms with Gasteiger partial charge in [0.1, 0.15) is 66.5 Å². The van der Waals surface area contributed by atoms with Crippen molar-refractivity contribution in [3.05, 3.63) is 12.2 Å². The molecular weight excluding hydrogens is 1090 g/mol. The van der Waals surface area contributed by atoms with Crippen LogP contribution in [-0.4, -0.2) is 227 Å². The number of carbonyl (C=O) groups excluding carboxylic acids is 11. The molecule has 2 aliphatic rings. The first-order valence-corrected chi connectivity index (χ1v) is 30.7. The number of nitrogens with one attached hydrogen (secondary N) is 4. The van der Waals surface area contributed by atoms with Gasteiger partial charge in [0.25, 0.3) is 0 Å². The van der Waals surface area contributed by atoms with Gasteiger partial charge >= 0.3 is 0 Å². The number of likely N-dealkylation sites (N-methyl/N-ethyl adjacent to an activating group) is 7. The third kappa shape index (κ3) is 18.9. The SMILES string of the molecule is C/C=C/C[C@@H](C)[C@@H]1OC(C)[C@H]2C(=O)N(C)[C@H]1C(=O)N[C@@H](CC)C(=O)N(C)[C@@H](C)C(=O)N(CC)C(C(C)C)C(=O)N[C@@H](C(C)C)C(=O)N(C)[C@@H](CC(C)C)C(=O)N[C@@H](C)C(=O)N[C@@H](C)C(=O)N(C)[C@@H](CC(C)C)C(=O)N(C)[C@@H](CC(C)C)C(=O)N2C. The standard InChI is InChI=1S/C62H109N11O12/c1-25-28-29-38(14)51-50-55(77)65-43(26-2)58(80)67(19)41(17)57(79)73(27-3)48(37(12)13)54(76)66-47(36(10)11)61(83)68(20)44(30-33(4)5)53(75)63-39(15)52(74)64-40(16)56(78)69(21)45(31-34(6)7)59(81)70(22)46(32-35(8)9)60(82)71(23)49(42(18)85-51)62(84)72(50)24/h25,28,33-51H,26-27,29-32H2,1-24H3,(H,63,75)(H,64,74)(H,65,77)(H,66,76)/b28-25+/t38-,39+,40+,41+,42?,43+,44+,45+,46+,47+,48?,49+,50-,51+/m1/s1. The molecule has 0 aromatic carbocycles. The molecule has 0 spiro atoms. The molecule has 2 aliphatic heterocycles. The summed E-state index contributed by atoms with van der Waals surface area (Å²) in [6, 6.07) is -13.2. The van der Waals surface area contributed by atoms with Gasteiger partial charge in [-0.3, -0.25) is 52.7 Å². The number of amides is 11. The van der Waals surface area contributed by atoms with Crippen LogP contribution in [0.15, 0.2) is 12.2 Å². The van der Waals surface area contributed by atoms with E-state index in [0.29, 0.717) is 6.42 Å². The van der Waals surface area contributed by atoms with Crippen molar-refractivity contribution in [1.82, 2.24) is 55.6 Å². The molecule has 2 bridgehead atoms. The maximum Gasteiger partial charge on any atom is 0.248 e. The zero-order valence-corrected chi connectivity index (χ0v) is 55.9. The summed E-state index contributed by atoms with van der Waals surface area (Å²) in [5.74, 6) is -8.82. The molecule has 2 unspecified atom stereocenters. The zero-order valence-electron chi connectivity index (χ0n) is 55.9. The molecular formula is C62H109N11O12. The fourth-order valence-electron chi connectivity index (χ4n) is 11.4. The van der Waals surface area contributed by atoms with E-state index in [1.165, 1.54) is 97.4 Å². The van der Waals surface area contributed by atoms with Gasteiger partial charge in [0, 0.05) is 48.8 Å². The highest BCUT2D eigenvalue weighted by Gasteiger charge is 2.50. The maximum atomic E-state index is 15.2. The minimum absolute atomic E-state index is 0.0303. The van der Waals surface area contributed by atoms with Crippen LogP contribution in [0, 0.1) is 35.5 Å². The first-order chi connectivity index (χ1) is 39.4. The normalized spacial score (nSPS) is 29.7. The molecule has 23 nitrogen and oxygen atoms in total. The molecule has 0 saturated carbocycles. The quantitative estimate of drug-likeness (QED) is 0.193. The Morgan fingerprint density at radius 2 is 0.941 bits per heavy atom. The Bertz CT molecular complexity index is 2380. The second kappa shape index (κ2) is 33.1. The Morgan fingerprint density at radius 3 is 1.41 bits per heavy atom. The number of hydrogen-bond acceptors (Lipinski definition) is 12. The summed E-state index contributed by atoms with van der Waals surface area (Å²) >= 11 is 0. The smallest absolute Gasteiger partial charge is 0.248 e. The van der Waals surface area contributed by atoms with Gasteiger partial charge < -0.3 is 60.3 Å². The molecule has 2 fully saturated rings. The van der Waals surface area contributed by atoms with E-state index in [-0.39, 0.29) is 50.0 Å². The number of ether oxygens (including phenoxy) is 1. The molecule has 4 N–H and O–H groups in total. The van der Waals surface area contributed by atoms with E-state index in [9.17, 15) is 43.2 Å². The van der Waals surface area contributed by atoms with Crippen molar-refractivity contribution in [2.24, 2.45) is 35.5 Å². The Kier molecular flexibility index (Phi) is 29.2. The highest BCUT2D eigenvalue weighted by atomic mass is 16.5. The van der Waals surface area contributed by atoms with Gasteiger partial charge in [-0.25, -0.2) is 0 Å². The van der Waals surface area contributed by atoms with Gasteiger partial charge in [-0.15, -0.1) is 0 Å². The average Bonchev–Trinajstić information content (AvgIpc) is 2.54. The van der Waals surface area contributed by atoms with Crippen molar-refractivity contribution >= 4 is 65.0 Å². The van der Waals surface area contributed by atoms with Crippen molar-refractivity contribution < 1.29 is 57.5 Å². The molecule has 23 heteroatoms. The number of rotatable bonds is 13. The van der Waals surface area contributed by atoms with Crippen LogP contribution >= 0.6 is 0 Å². The van der Waals surface area contributed by atoms with Crippen LogP contribution < -0.4 is 21.3 Å². The number of fused-ring (bicyclic) bond motifs is 3. The maximum absolute atomic E-state index is 15.2. The number of hydrogen-bond donors (Lipinski definition) is 4. The minimum Gasteiger partial charge on any atom is -0.370 e. The minimum atomic E-state index is -1.33. The molecule has 0 aromatic heterocycles. The fraction of sp³-hybridized carbons (Fsp3) is 0.790. The predicted molar refractivity (Wildman–Crippen MR) is 327 cm³/mol. The highest BCUT2D eigenvalue weighted by Crippen LogP contribution is 2.30. The molecule has 2 saturated heterocycles. The van der Waals surface area contributed by atoms with Crippen LogP contribution in [0.25, 0.3) is 0 Å². The lowest BCUT2D eigenvalue weighted by atomic mass is 9.92. The number of allylic oxidation sites excluding steroid dienone is 2. The summed E-state index contributed by atoms with van der Waals surface area (Å²) in [4.78, 5) is 170. The lowest BCUT2D eigenvalue weighted by molar-refractivity contribution is -0.155. The molecule has 11 amide bonds. The molecule has 14 atom stereocenters. The van der Waals surface area contributed by atoms with E-state index in [4.69, 9.17) is 4.74 Å². The predicted octanol–water partition coefficient (Wildman–Crippen LogP) is 3.43. The third-order valence-corrected chi connectivity index (χ3v) is 16.8. The molecule has 0 radical (unpaired) electrons. The first-order valence-electron chi connectivity index (χ1n) is 30.7. The topological polar surface area (TPSA) is 268 Å². The van der Waals surface area contributed by atoms with Crippen molar-refractivity contribution in [2.75, 3.05) is 48.8 Å². The Labute approximate surface area is 508 Å². The molecule has 484 valence electrons. The van der Waals surface area contributed by atoms with E-state index in [0.717, 1.165) is 0 Å². The van der Waals surface area contributed by atoms with Gasteiger partial charge in [0.2, 0.25) is 65.0 Å². The van der Waals surface area contributed by atoms with Gasteiger partial charge in [-0.05, 0) is 109 Å². The largest absolute Gasteiger partial charge is 0.370 e. The second-order valence-corrected chi connectivity index (χ2v) is 25.8. The zero-order chi connectivity index (χ0) is 65.6. The summed E-state index contributed by atoms with van der Waals surface area (Å²) in [7, 11) is 8.71. The average molecular weight is 1200 g/mol. The van der Waals surface area contributed by atoms with Crippen molar-refractivity contribution in [3.8, 4) is 0 Å². The number of nitrogens with zero attached hydrogens (tertiary/aromatic N) is 7. The van der Waals surface area contributed by atoms with Gasteiger partial charge in [0.05, 0.1) is 12.2 Å². The van der Waals surface area contributed by atoms with E-state index >= 15 is 9.59 Å².